The van der Waals surface area contributed by atoms with E-state index in [9.17, 15) is 13.2 Å². The monoisotopic (exact) mass is 349 g/mol. The van der Waals surface area contributed by atoms with E-state index in [2.05, 4.69) is 10.0 Å². The van der Waals surface area contributed by atoms with Crippen molar-refractivity contribution in [3.05, 3.63) is 29.8 Å². The summed E-state index contributed by atoms with van der Waals surface area (Å²) in [7, 11) is -3.54. The van der Waals surface area contributed by atoms with E-state index in [1.807, 2.05) is 13.8 Å². The number of halogens is 1. The Labute approximate surface area is 138 Å². The zero-order chi connectivity index (χ0) is 16.3. The highest BCUT2D eigenvalue weighted by atomic mass is 35.5. The van der Waals surface area contributed by atoms with Crippen LogP contribution in [-0.2, 0) is 10.0 Å². The molecule has 0 unspecified atom stereocenters. The number of sulfonamides is 1. The van der Waals surface area contributed by atoms with Crippen molar-refractivity contribution in [1.29, 1.82) is 0 Å². The average Bonchev–Trinajstić information content (AvgIpc) is 2.37. The number of nitrogens with one attached hydrogen (secondary N) is 2. The van der Waals surface area contributed by atoms with Crippen molar-refractivity contribution in [2.45, 2.75) is 44.2 Å². The van der Waals surface area contributed by atoms with Crippen molar-refractivity contribution in [2.75, 3.05) is 6.54 Å². The molecule has 0 radical (unpaired) electrons. The SMILES string of the molecule is CC(C)NS(=O)(=O)c1ccc(C(=O)NC(C)(C)CN)cc1.Cl. The Bertz CT molecular complexity index is 598. The molecule has 1 rings (SSSR count). The molecule has 1 aromatic carbocycles. The van der Waals surface area contributed by atoms with E-state index >= 15 is 0 Å². The summed E-state index contributed by atoms with van der Waals surface area (Å²) >= 11 is 0. The number of amides is 1. The van der Waals surface area contributed by atoms with Gasteiger partial charge in [-0.05, 0) is 52.0 Å². The minimum atomic E-state index is -3.54. The summed E-state index contributed by atoms with van der Waals surface area (Å²) in [6.07, 6.45) is 0. The maximum absolute atomic E-state index is 12.0. The van der Waals surface area contributed by atoms with Gasteiger partial charge in [-0.3, -0.25) is 4.79 Å². The summed E-state index contributed by atoms with van der Waals surface area (Å²) in [5.74, 6) is -0.286. The van der Waals surface area contributed by atoms with Gasteiger partial charge >= 0.3 is 0 Å². The van der Waals surface area contributed by atoms with E-state index in [1.54, 1.807) is 13.8 Å². The van der Waals surface area contributed by atoms with Crippen molar-refractivity contribution < 1.29 is 13.2 Å². The standard InChI is InChI=1S/C14H23N3O3S.ClH/c1-10(2)17-21(19,20)12-7-5-11(6-8-12)13(18)16-14(3,4)9-15;/h5-8,10,17H,9,15H2,1-4H3,(H,16,18);1H. The third-order valence-corrected chi connectivity index (χ3v) is 4.45. The van der Waals surface area contributed by atoms with Gasteiger partial charge in [0.1, 0.15) is 0 Å². The Kier molecular flexibility index (Phi) is 7.50. The summed E-state index contributed by atoms with van der Waals surface area (Å²) in [6, 6.07) is 5.60. The number of hydrogen-bond donors (Lipinski definition) is 3. The summed E-state index contributed by atoms with van der Waals surface area (Å²) in [5.41, 5.74) is 5.43. The predicted molar refractivity (Wildman–Crippen MR) is 89.7 cm³/mol. The van der Waals surface area contributed by atoms with Gasteiger partial charge in [-0.1, -0.05) is 0 Å². The van der Waals surface area contributed by atoms with E-state index in [4.69, 9.17) is 5.73 Å². The van der Waals surface area contributed by atoms with Gasteiger partial charge in [-0.25, -0.2) is 13.1 Å². The van der Waals surface area contributed by atoms with E-state index in [0.29, 0.717) is 12.1 Å². The first-order valence-corrected chi connectivity index (χ1v) is 8.21. The third kappa shape index (κ3) is 5.92. The van der Waals surface area contributed by atoms with Crippen molar-refractivity contribution in [1.82, 2.24) is 10.0 Å². The minimum absolute atomic E-state index is 0. The fourth-order valence-electron chi connectivity index (χ4n) is 1.59. The number of nitrogens with two attached hydrogens (primary N) is 1. The molecular weight excluding hydrogens is 326 g/mol. The fraction of sp³-hybridized carbons (Fsp3) is 0.500. The van der Waals surface area contributed by atoms with Crippen LogP contribution in [0.15, 0.2) is 29.2 Å². The van der Waals surface area contributed by atoms with Crippen molar-refractivity contribution in [3.8, 4) is 0 Å². The highest BCUT2D eigenvalue weighted by Crippen LogP contribution is 2.12. The summed E-state index contributed by atoms with van der Waals surface area (Å²) in [6.45, 7) is 7.43. The number of carbonyl (C=O) groups is 1. The largest absolute Gasteiger partial charge is 0.346 e. The molecule has 0 spiro atoms. The lowest BCUT2D eigenvalue weighted by molar-refractivity contribution is 0.0915. The summed E-state index contributed by atoms with van der Waals surface area (Å²) < 4.78 is 26.4. The van der Waals surface area contributed by atoms with Gasteiger partial charge in [-0.2, -0.15) is 0 Å². The maximum atomic E-state index is 12.0. The normalized spacial score (nSPS) is 11.9. The van der Waals surface area contributed by atoms with Crippen molar-refractivity contribution >= 4 is 28.3 Å². The molecule has 6 nitrogen and oxygen atoms in total. The van der Waals surface area contributed by atoms with Crippen molar-refractivity contribution in [3.63, 3.8) is 0 Å². The second-order valence-corrected chi connectivity index (χ2v) is 7.56. The van der Waals surface area contributed by atoms with Crippen LogP contribution < -0.4 is 15.8 Å². The first-order chi connectivity index (χ1) is 9.57. The summed E-state index contributed by atoms with van der Waals surface area (Å²) in [5, 5.41) is 2.78. The zero-order valence-electron chi connectivity index (χ0n) is 13.2. The Morgan fingerprint density at radius 2 is 1.73 bits per heavy atom. The molecule has 0 atom stereocenters. The second-order valence-electron chi connectivity index (χ2n) is 5.84. The molecule has 0 aliphatic heterocycles. The van der Waals surface area contributed by atoms with Gasteiger partial charge in [0.25, 0.3) is 5.91 Å². The molecule has 1 amide bonds. The van der Waals surface area contributed by atoms with Crippen LogP contribution in [0.3, 0.4) is 0 Å². The molecule has 0 aliphatic rings. The zero-order valence-corrected chi connectivity index (χ0v) is 14.8. The Morgan fingerprint density at radius 1 is 1.23 bits per heavy atom. The molecule has 0 saturated carbocycles. The lowest BCUT2D eigenvalue weighted by atomic mass is 10.1. The lowest BCUT2D eigenvalue weighted by Crippen LogP contribution is -2.48. The van der Waals surface area contributed by atoms with Crippen LogP contribution in [0, 0.1) is 0 Å². The Hall–Kier alpha value is -1.15. The Morgan fingerprint density at radius 3 is 2.14 bits per heavy atom. The molecule has 126 valence electrons. The van der Waals surface area contributed by atoms with E-state index in [0.717, 1.165) is 0 Å². The van der Waals surface area contributed by atoms with Crippen LogP contribution in [-0.4, -0.2) is 32.5 Å². The van der Waals surface area contributed by atoms with E-state index in [-0.39, 0.29) is 29.3 Å². The Balaban J connectivity index is 0.00000441. The van der Waals surface area contributed by atoms with Crippen LogP contribution in [0.4, 0.5) is 0 Å². The van der Waals surface area contributed by atoms with Gasteiger partial charge in [0.15, 0.2) is 0 Å². The van der Waals surface area contributed by atoms with Crippen molar-refractivity contribution in [2.24, 2.45) is 5.73 Å². The highest BCUT2D eigenvalue weighted by molar-refractivity contribution is 7.89. The molecule has 0 bridgehead atoms. The number of carbonyl (C=O) groups excluding carboxylic acids is 1. The molecule has 4 N–H and O–H groups in total. The van der Waals surface area contributed by atoms with Gasteiger partial charge in [-0.15, -0.1) is 12.4 Å². The molecule has 0 heterocycles. The molecule has 0 aliphatic carbocycles. The van der Waals surface area contributed by atoms with E-state index < -0.39 is 15.6 Å². The molecule has 8 heteroatoms. The number of rotatable bonds is 6. The van der Waals surface area contributed by atoms with Gasteiger partial charge in [0.05, 0.1) is 4.90 Å². The third-order valence-electron chi connectivity index (χ3n) is 2.78. The van der Waals surface area contributed by atoms with Gasteiger partial charge in [0.2, 0.25) is 10.0 Å². The topological polar surface area (TPSA) is 101 Å². The van der Waals surface area contributed by atoms with Crippen LogP contribution >= 0.6 is 12.4 Å². The molecule has 0 aromatic heterocycles. The van der Waals surface area contributed by atoms with Crippen LogP contribution in [0.5, 0.6) is 0 Å². The average molecular weight is 350 g/mol. The quantitative estimate of drug-likeness (QED) is 0.719. The van der Waals surface area contributed by atoms with Gasteiger partial charge < -0.3 is 11.1 Å². The highest BCUT2D eigenvalue weighted by Gasteiger charge is 2.20. The predicted octanol–water partition coefficient (Wildman–Crippen LogP) is 1.26. The molecule has 1 aromatic rings. The fourth-order valence-corrected chi connectivity index (χ4v) is 2.85. The van der Waals surface area contributed by atoms with Gasteiger partial charge in [0, 0.05) is 23.7 Å². The molecular formula is C14H24ClN3O3S. The van der Waals surface area contributed by atoms with Crippen LogP contribution in [0.1, 0.15) is 38.1 Å². The lowest BCUT2D eigenvalue weighted by Gasteiger charge is -2.24. The molecule has 22 heavy (non-hydrogen) atoms. The van der Waals surface area contributed by atoms with Crippen LogP contribution in [0.2, 0.25) is 0 Å². The van der Waals surface area contributed by atoms with E-state index in [1.165, 1.54) is 24.3 Å². The first kappa shape index (κ1) is 20.9. The minimum Gasteiger partial charge on any atom is -0.346 e. The number of benzene rings is 1. The molecule has 0 fully saturated rings. The maximum Gasteiger partial charge on any atom is 0.251 e. The second kappa shape index (κ2) is 7.92. The smallest absolute Gasteiger partial charge is 0.251 e. The number of hydrogen-bond acceptors (Lipinski definition) is 4. The summed E-state index contributed by atoms with van der Waals surface area (Å²) in [4.78, 5) is 12.2. The van der Waals surface area contributed by atoms with Crippen LogP contribution in [0.25, 0.3) is 0 Å². The first-order valence-electron chi connectivity index (χ1n) is 6.72. The molecule has 0 saturated heterocycles.